The van der Waals surface area contributed by atoms with E-state index in [4.69, 9.17) is 4.74 Å². The number of nitrogens with zero attached hydrogens (tertiary/aromatic N) is 3. The molecule has 0 amide bonds. The number of benzene rings is 1. The van der Waals surface area contributed by atoms with Crippen LogP contribution in [0.2, 0.25) is 0 Å². The summed E-state index contributed by atoms with van der Waals surface area (Å²) in [4.78, 5) is 12.6. The van der Waals surface area contributed by atoms with Crippen molar-refractivity contribution in [1.29, 1.82) is 0 Å². The Hall–Kier alpha value is -1.39. The third-order valence-electron chi connectivity index (χ3n) is 5.82. The number of halogens is 2. The van der Waals surface area contributed by atoms with Gasteiger partial charge in [0.25, 0.3) is 0 Å². The van der Waals surface area contributed by atoms with E-state index < -0.39 is 0 Å². The predicted molar refractivity (Wildman–Crippen MR) is 126 cm³/mol. The van der Waals surface area contributed by atoms with Gasteiger partial charge in [0.2, 0.25) is 0 Å². The number of ether oxygens (including phenoxy) is 1. The molecule has 160 valence electrons. The van der Waals surface area contributed by atoms with E-state index in [0.29, 0.717) is 5.92 Å². The Morgan fingerprint density at radius 1 is 1.31 bits per heavy atom. The third kappa shape index (κ3) is 5.61. The summed E-state index contributed by atoms with van der Waals surface area (Å²) in [6.07, 6.45) is 4.01. The summed E-state index contributed by atoms with van der Waals surface area (Å²) in [5.41, 5.74) is 2.11. The summed E-state index contributed by atoms with van der Waals surface area (Å²) in [6, 6.07) is 4.88. The second-order valence-corrected chi connectivity index (χ2v) is 7.74. The smallest absolute Gasteiger partial charge is 0.193 e. The summed E-state index contributed by atoms with van der Waals surface area (Å²) in [5, 5.41) is 4.45. The Labute approximate surface area is 188 Å². The molecular weight excluding hydrogens is 484 g/mol. The summed E-state index contributed by atoms with van der Waals surface area (Å²) in [6.45, 7) is 7.85. The number of rotatable bonds is 5. The average molecular weight is 515 g/mol. The number of aliphatic imine (C=N–C) groups is 1. The van der Waals surface area contributed by atoms with E-state index in [1.165, 1.54) is 12.5 Å². The number of aromatic amines is 1. The molecule has 1 atom stereocenters. The maximum absolute atomic E-state index is 13.5. The van der Waals surface area contributed by atoms with Gasteiger partial charge in [0.1, 0.15) is 5.82 Å². The van der Waals surface area contributed by atoms with Crippen LogP contribution in [0.1, 0.15) is 12.0 Å². The topological polar surface area (TPSA) is 55.9 Å². The highest BCUT2D eigenvalue weighted by Crippen LogP contribution is 2.20. The number of nitrogens with one attached hydrogen (secondary N) is 2. The third-order valence-corrected chi connectivity index (χ3v) is 5.82. The molecule has 2 aliphatic rings. The molecule has 2 N–H and O–H groups in total. The van der Waals surface area contributed by atoms with E-state index in [9.17, 15) is 4.39 Å². The number of guanidine groups is 1. The monoisotopic (exact) mass is 515 g/mol. The Balaban J connectivity index is 0.00000240. The van der Waals surface area contributed by atoms with Gasteiger partial charge < -0.3 is 19.9 Å². The van der Waals surface area contributed by atoms with Crippen LogP contribution in [-0.2, 0) is 11.2 Å². The van der Waals surface area contributed by atoms with Crippen molar-refractivity contribution in [2.75, 3.05) is 59.5 Å². The maximum Gasteiger partial charge on any atom is 0.193 e. The number of aromatic nitrogens is 1. The zero-order valence-corrected chi connectivity index (χ0v) is 19.3. The molecule has 2 saturated heterocycles. The van der Waals surface area contributed by atoms with Crippen LogP contribution < -0.4 is 5.32 Å². The quantitative estimate of drug-likeness (QED) is 0.366. The minimum atomic E-state index is -0.194. The molecule has 1 aromatic heterocycles. The van der Waals surface area contributed by atoms with Crippen molar-refractivity contribution in [3.63, 3.8) is 0 Å². The minimum absolute atomic E-state index is 0. The fourth-order valence-corrected chi connectivity index (χ4v) is 4.32. The second-order valence-electron chi connectivity index (χ2n) is 7.74. The van der Waals surface area contributed by atoms with E-state index in [1.54, 1.807) is 12.1 Å². The molecule has 0 saturated carbocycles. The maximum atomic E-state index is 13.5. The number of likely N-dealkylation sites (tertiary alicyclic amines) is 1. The van der Waals surface area contributed by atoms with E-state index in [0.717, 1.165) is 81.3 Å². The number of H-pyrrole nitrogens is 1. The van der Waals surface area contributed by atoms with Gasteiger partial charge in [-0.25, -0.2) is 4.39 Å². The number of morpholine rings is 1. The number of fused-ring (bicyclic) bond motifs is 1. The molecule has 29 heavy (non-hydrogen) atoms. The summed E-state index contributed by atoms with van der Waals surface area (Å²) in [7, 11) is 1.85. The van der Waals surface area contributed by atoms with Gasteiger partial charge in [0.15, 0.2) is 5.96 Å². The summed E-state index contributed by atoms with van der Waals surface area (Å²) >= 11 is 0. The molecule has 0 bridgehead atoms. The van der Waals surface area contributed by atoms with Crippen LogP contribution in [0.3, 0.4) is 0 Å². The van der Waals surface area contributed by atoms with Gasteiger partial charge in [-0.15, -0.1) is 24.0 Å². The van der Waals surface area contributed by atoms with E-state index in [2.05, 4.69) is 25.1 Å². The van der Waals surface area contributed by atoms with Crippen molar-refractivity contribution >= 4 is 40.8 Å². The van der Waals surface area contributed by atoms with Crippen LogP contribution in [0.15, 0.2) is 29.4 Å². The Morgan fingerprint density at radius 3 is 2.93 bits per heavy atom. The van der Waals surface area contributed by atoms with Crippen LogP contribution in [0.5, 0.6) is 0 Å². The van der Waals surface area contributed by atoms with Crippen molar-refractivity contribution < 1.29 is 9.13 Å². The molecule has 3 heterocycles. The van der Waals surface area contributed by atoms with Crippen LogP contribution in [0.25, 0.3) is 10.9 Å². The lowest BCUT2D eigenvalue weighted by Crippen LogP contribution is -2.42. The SMILES string of the molecule is CN=C(NCCc1c[nH]c2ccc(F)cc12)N1CCC(CN2CCOCC2)C1.I. The average Bonchev–Trinajstić information content (AvgIpc) is 3.33. The number of hydrogen-bond donors (Lipinski definition) is 2. The van der Waals surface area contributed by atoms with Gasteiger partial charge in [-0.05, 0) is 42.5 Å². The minimum Gasteiger partial charge on any atom is -0.379 e. The lowest BCUT2D eigenvalue weighted by atomic mass is 10.1. The van der Waals surface area contributed by atoms with Crippen molar-refractivity contribution in [2.45, 2.75) is 12.8 Å². The lowest BCUT2D eigenvalue weighted by molar-refractivity contribution is 0.0315. The lowest BCUT2D eigenvalue weighted by Gasteiger charge is -2.29. The van der Waals surface area contributed by atoms with Gasteiger partial charge in [0, 0.05) is 63.4 Å². The van der Waals surface area contributed by atoms with E-state index >= 15 is 0 Å². The molecule has 2 fully saturated rings. The molecule has 2 aromatic rings. The molecule has 0 radical (unpaired) electrons. The molecule has 8 heteroatoms. The van der Waals surface area contributed by atoms with Gasteiger partial charge in [-0.1, -0.05) is 0 Å². The Bertz CT molecular complexity index is 821. The van der Waals surface area contributed by atoms with Gasteiger partial charge in [-0.3, -0.25) is 9.89 Å². The molecule has 0 spiro atoms. The first kappa shape index (κ1) is 22.3. The molecule has 2 aliphatic heterocycles. The van der Waals surface area contributed by atoms with Crippen LogP contribution >= 0.6 is 24.0 Å². The first-order valence-corrected chi connectivity index (χ1v) is 10.2. The standard InChI is InChI=1S/C21H30FN5O.HI/c1-23-21(27-7-5-16(15-27)14-26-8-10-28-11-9-26)24-6-4-17-13-25-20-3-2-18(22)12-19(17)20;/h2-3,12-13,16,25H,4-11,14-15H2,1H3,(H,23,24);1H. The zero-order valence-electron chi connectivity index (χ0n) is 17.0. The zero-order chi connectivity index (χ0) is 19.3. The summed E-state index contributed by atoms with van der Waals surface area (Å²) < 4.78 is 19.0. The molecule has 1 aromatic carbocycles. The van der Waals surface area contributed by atoms with Crippen molar-refractivity contribution in [3.05, 3.63) is 35.8 Å². The molecule has 0 aliphatic carbocycles. The van der Waals surface area contributed by atoms with Gasteiger partial charge >= 0.3 is 0 Å². The normalized spacial score (nSPS) is 20.8. The van der Waals surface area contributed by atoms with Gasteiger partial charge in [-0.2, -0.15) is 0 Å². The molecule has 6 nitrogen and oxygen atoms in total. The fourth-order valence-electron chi connectivity index (χ4n) is 4.32. The van der Waals surface area contributed by atoms with Crippen molar-refractivity contribution in [2.24, 2.45) is 10.9 Å². The first-order chi connectivity index (χ1) is 13.7. The molecule has 1 unspecified atom stereocenters. The fraction of sp³-hybridized carbons (Fsp3) is 0.571. The Morgan fingerprint density at radius 2 is 2.14 bits per heavy atom. The van der Waals surface area contributed by atoms with Gasteiger partial charge in [0.05, 0.1) is 13.2 Å². The number of hydrogen-bond acceptors (Lipinski definition) is 3. The van der Waals surface area contributed by atoms with E-state index in [-0.39, 0.29) is 29.8 Å². The van der Waals surface area contributed by atoms with Crippen molar-refractivity contribution in [3.8, 4) is 0 Å². The van der Waals surface area contributed by atoms with Crippen LogP contribution in [0.4, 0.5) is 4.39 Å². The summed E-state index contributed by atoms with van der Waals surface area (Å²) in [5.74, 6) is 1.46. The highest BCUT2D eigenvalue weighted by molar-refractivity contribution is 14.0. The second kappa shape index (κ2) is 10.6. The first-order valence-electron chi connectivity index (χ1n) is 10.2. The van der Waals surface area contributed by atoms with E-state index in [1.807, 2.05) is 13.2 Å². The largest absolute Gasteiger partial charge is 0.379 e. The molecular formula is C21H31FIN5O. The van der Waals surface area contributed by atoms with Crippen LogP contribution in [-0.4, -0.2) is 80.3 Å². The Kier molecular flexibility index (Phi) is 8.14. The highest BCUT2D eigenvalue weighted by atomic mass is 127. The highest BCUT2D eigenvalue weighted by Gasteiger charge is 2.27. The van der Waals surface area contributed by atoms with Crippen LogP contribution in [0, 0.1) is 11.7 Å². The molecule has 4 rings (SSSR count). The van der Waals surface area contributed by atoms with Crippen molar-refractivity contribution in [1.82, 2.24) is 20.1 Å². The predicted octanol–water partition coefficient (Wildman–Crippen LogP) is 2.70.